The predicted octanol–water partition coefficient (Wildman–Crippen LogP) is 1.86. The fraction of sp³-hybridized carbons (Fsp3) is 0.100. The monoisotopic (exact) mass is 173 g/mol. The fourth-order valence-corrected chi connectivity index (χ4v) is 1.45. The zero-order valence-electron chi connectivity index (χ0n) is 7.41. The smallest absolute Gasteiger partial charge is 0.0724 e. The van der Waals surface area contributed by atoms with E-state index in [1.807, 2.05) is 31.3 Å². The minimum atomic E-state index is 0.753. The Balaban J connectivity index is 2.84. The average molecular weight is 173 g/mol. The van der Waals surface area contributed by atoms with Crippen molar-refractivity contribution >= 4 is 22.3 Å². The van der Waals surface area contributed by atoms with Crippen molar-refractivity contribution in [2.75, 3.05) is 18.1 Å². The number of nitrogen functional groups attached to an aromatic ring is 1. The highest BCUT2D eigenvalue weighted by atomic mass is 14.9. The van der Waals surface area contributed by atoms with Crippen LogP contribution in [0.1, 0.15) is 0 Å². The van der Waals surface area contributed by atoms with E-state index in [0.29, 0.717) is 0 Å². The third kappa shape index (κ3) is 1.18. The summed E-state index contributed by atoms with van der Waals surface area (Å²) in [6.45, 7) is 0. The summed E-state index contributed by atoms with van der Waals surface area (Å²) in [5.74, 6) is 0. The number of nitrogens with one attached hydrogen (secondary N) is 1. The van der Waals surface area contributed by atoms with Gasteiger partial charge in [-0.15, -0.1) is 0 Å². The molecule has 3 nitrogen and oxygen atoms in total. The summed E-state index contributed by atoms with van der Waals surface area (Å²) in [5, 5.41) is 4.13. The lowest BCUT2D eigenvalue weighted by atomic mass is 10.1. The molecule has 0 fully saturated rings. The first-order valence-corrected chi connectivity index (χ1v) is 4.14. The summed E-state index contributed by atoms with van der Waals surface area (Å²) in [5.41, 5.74) is 8.47. The second-order valence-corrected chi connectivity index (χ2v) is 2.85. The lowest BCUT2D eigenvalue weighted by molar-refractivity contribution is 1.41. The van der Waals surface area contributed by atoms with Crippen molar-refractivity contribution < 1.29 is 0 Å². The molecule has 0 saturated carbocycles. The number of benzene rings is 1. The quantitative estimate of drug-likeness (QED) is 0.647. The summed E-state index contributed by atoms with van der Waals surface area (Å²) in [6, 6.07) is 7.69. The van der Waals surface area contributed by atoms with Gasteiger partial charge in [-0.2, -0.15) is 0 Å². The van der Waals surface area contributed by atoms with Gasteiger partial charge in [0.15, 0.2) is 0 Å². The largest absolute Gasteiger partial charge is 0.397 e. The molecule has 0 atom stereocenters. The van der Waals surface area contributed by atoms with Gasteiger partial charge >= 0.3 is 0 Å². The number of hydrogen-bond donors (Lipinski definition) is 2. The molecule has 3 N–H and O–H groups in total. The van der Waals surface area contributed by atoms with E-state index in [1.165, 1.54) is 0 Å². The van der Waals surface area contributed by atoms with Crippen LogP contribution in [-0.4, -0.2) is 12.0 Å². The van der Waals surface area contributed by atoms with Crippen molar-refractivity contribution in [2.24, 2.45) is 0 Å². The number of rotatable bonds is 1. The maximum absolute atomic E-state index is 5.81. The average Bonchev–Trinajstić information content (AvgIpc) is 2.18. The summed E-state index contributed by atoms with van der Waals surface area (Å²) < 4.78 is 0. The lowest BCUT2D eigenvalue weighted by Gasteiger charge is -2.07. The Morgan fingerprint density at radius 2 is 2.15 bits per heavy atom. The molecule has 2 aromatic rings. The van der Waals surface area contributed by atoms with Gasteiger partial charge in [0.25, 0.3) is 0 Å². The van der Waals surface area contributed by atoms with E-state index in [1.54, 1.807) is 6.20 Å². The maximum atomic E-state index is 5.81. The number of nitrogens with two attached hydrogens (primary N) is 1. The summed E-state index contributed by atoms with van der Waals surface area (Å²) in [4.78, 5) is 4.24. The highest BCUT2D eigenvalue weighted by molar-refractivity contribution is 5.97. The van der Waals surface area contributed by atoms with Crippen LogP contribution in [0.2, 0.25) is 0 Å². The van der Waals surface area contributed by atoms with Crippen LogP contribution in [0.4, 0.5) is 11.4 Å². The second-order valence-electron chi connectivity index (χ2n) is 2.85. The zero-order chi connectivity index (χ0) is 9.26. The van der Waals surface area contributed by atoms with Gasteiger partial charge in [0.2, 0.25) is 0 Å². The molecule has 3 heteroatoms. The first kappa shape index (κ1) is 7.86. The van der Waals surface area contributed by atoms with Gasteiger partial charge in [-0.25, -0.2) is 0 Å². The van der Waals surface area contributed by atoms with E-state index >= 15 is 0 Å². The van der Waals surface area contributed by atoms with Crippen LogP contribution in [0, 0.1) is 0 Å². The number of hydrogen-bond acceptors (Lipinski definition) is 3. The first-order valence-electron chi connectivity index (χ1n) is 4.14. The third-order valence-electron chi connectivity index (χ3n) is 2.07. The number of anilines is 2. The molecule has 0 spiro atoms. The topological polar surface area (TPSA) is 50.9 Å². The van der Waals surface area contributed by atoms with Crippen molar-refractivity contribution in [1.29, 1.82) is 0 Å². The van der Waals surface area contributed by atoms with Gasteiger partial charge in [-0.3, -0.25) is 4.98 Å². The first-order chi connectivity index (χ1) is 6.33. The number of pyridine rings is 1. The number of nitrogens with zero attached hydrogens (tertiary/aromatic N) is 1. The molecule has 1 aromatic carbocycles. The molecule has 2 rings (SSSR count). The SMILES string of the molecule is CNc1c(N)ccc2ncccc12. The van der Waals surface area contributed by atoms with Crippen molar-refractivity contribution in [3.63, 3.8) is 0 Å². The van der Waals surface area contributed by atoms with Crippen molar-refractivity contribution in [1.82, 2.24) is 4.98 Å². The van der Waals surface area contributed by atoms with Gasteiger partial charge < -0.3 is 11.1 Å². The van der Waals surface area contributed by atoms with E-state index in [4.69, 9.17) is 5.73 Å². The molecule has 0 bridgehead atoms. The van der Waals surface area contributed by atoms with Crippen LogP contribution < -0.4 is 11.1 Å². The lowest BCUT2D eigenvalue weighted by Crippen LogP contribution is -1.96. The van der Waals surface area contributed by atoms with Crippen molar-refractivity contribution in [3.05, 3.63) is 30.5 Å². The van der Waals surface area contributed by atoms with Crippen LogP contribution in [-0.2, 0) is 0 Å². The Morgan fingerprint density at radius 3 is 2.92 bits per heavy atom. The summed E-state index contributed by atoms with van der Waals surface area (Å²) >= 11 is 0. The molecule has 13 heavy (non-hydrogen) atoms. The van der Waals surface area contributed by atoms with Gasteiger partial charge in [-0.05, 0) is 24.3 Å². The van der Waals surface area contributed by atoms with Crippen LogP contribution in [0.15, 0.2) is 30.5 Å². The van der Waals surface area contributed by atoms with Gasteiger partial charge in [0.05, 0.1) is 16.9 Å². The van der Waals surface area contributed by atoms with Crippen molar-refractivity contribution in [3.8, 4) is 0 Å². The molecule has 0 amide bonds. The second kappa shape index (κ2) is 2.94. The molecular formula is C10H11N3. The molecule has 66 valence electrons. The normalized spacial score (nSPS) is 10.2. The molecule has 1 heterocycles. The summed E-state index contributed by atoms with van der Waals surface area (Å²) in [6.07, 6.45) is 1.78. The zero-order valence-corrected chi connectivity index (χ0v) is 7.41. The number of aromatic nitrogens is 1. The Kier molecular flexibility index (Phi) is 1.77. The molecule has 0 unspecified atom stereocenters. The fourth-order valence-electron chi connectivity index (χ4n) is 1.45. The molecule has 0 aliphatic carbocycles. The van der Waals surface area contributed by atoms with E-state index in [0.717, 1.165) is 22.3 Å². The van der Waals surface area contributed by atoms with Crippen LogP contribution >= 0.6 is 0 Å². The molecule has 1 aromatic heterocycles. The summed E-state index contributed by atoms with van der Waals surface area (Å²) in [7, 11) is 1.86. The van der Waals surface area contributed by atoms with Gasteiger partial charge in [0, 0.05) is 18.6 Å². The molecule has 0 aliphatic rings. The van der Waals surface area contributed by atoms with Gasteiger partial charge in [-0.1, -0.05) is 0 Å². The predicted molar refractivity (Wildman–Crippen MR) is 55.7 cm³/mol. The van der Waals surface area contributed by atoms with Crippen LogP contribution in [0.25, 0.3) is 10.9 Å². The van der Waals surface area contributed by atoms with E-state index in [-0.39, 0.29) is 0 Å². The molecule has 0 radical (unpaired) electrons. The standard InChI is InChI=1S/C10H11N3/c1-12-10-7-3-2-6-13-9(7)5-4-8(10)11/h2-6,12H,11H2,1H3. The van der Waals surface area contributed by atoms with E-state index < -0.39 is 0 Å². The van der Waals surface area contributed by atoms with Crippen LogP contribution in [0.5, 0.6) is 0 Å². The minimum Gasteiger partial charge on any atom is -0.397 e. The Bertz CT molecular complexity index is 437. The molecule has 0 saturated heterocycles. The number of fused-ring (bicyclic) bond motifs is 1. The van der Waals surface area contributed by atoms with E-state index in [9.17, 15) is 0 Å². The maximum Gasteiger partial charge on any atom is 0.0724 e. The van der Waals surface area contributed by atoms with E-state index in [2.05, 4.69) is 10.3 Å². The van der Waals surface area contributed by atoms with Crippen molar-refractivity contribution in [2.45, 2.75) is 0 Å². The van der Waals surface area contributed by atoms with Gasteiger partial charge in [0.1, 0.15) is 0 Å². The highest BCUT2D eigenvalue weighted by Crippen LogP contribution is 2.27. The third-order valence-corrected chi connectivity index (χ3v) is 2.07. The Labute approximate surface area is 76.6 Å². The Morgan fingerprint density at radius 1 is 1.31 bits per heavy atom. The Hall–Kier alpha value is -1.77. The minimum absolute atomic E-state index is 0.753. The molecule has 0 aliphatic heterocycles. The van der Waals surface area contributed by atoms with Crippen LogP contribution in [0.3, 0.4) is 0 Å². The molecular weight excluding hydrogens is 162 g/mol. The highest BCUT2D eigenvalue weighted by Gasteiger charge is 2.02.